The van der Waals surface area contributed by atoms with Crippen molar-refractivity contribution in [3.63, 3.8) is 0 Å². The Morgan fingerprint density at radius 2 is 1.52 bits per heavy atom. The zero-order valence-electron chi connectivity index (χ0n) is 11.4. The molecule has 2 rings (SSSR count). The van der Waals surface area contributed by atoms with E-state index in [0.717, 1.165) is 0 Å². The topological polar surface area (TPSA) is 66.4 Å². The maximum absolute atomic E-state index is 14.0. The molecular weight excluding hydrogens is 548 g/mol. The van der Waals surface area contributed by atoms with Gasteiger partial charge in [0.2, 0.25) is 11.6 Å². The minimum Gasteiger partial charge on any atom is -0.545 e. The van der Waals surface area contributed by atoms with Crippen LogP contribution in [0, 0.1) is 23.3 Å². The van der Waals surface area contributed by atoms with E-state index in [2.05, 4.69) is 52.5 Å². The number of ether oxygens (including phenoxy) is 1. The molecular formula is C14H2Br3F4O4-. The number of hydrogen-bond acceptors (Lipinski definition) is 4. The zero-order chi connectivity index (χ0) is 19.0. The molecule has 0 aliphatic heterocycles. The Morgan fingerprint density at radius 3 is 2.08 bits per heavy atom. The third-order valence-corrected chi connectivity index (χ3v) is 5.30. The van der Waals surface area contributed by atoms with E-state index in [1.54, 1.807) is 0 Å². The SMILES string of the molecule is O=C(Oc1c(F)c(F)c(F)c(C(=O)[O-])c1F)c1cc(Br)cc(Br)c1Br. The Morgan fingerprint density at radius 1 is 0.920 bits per heavy atom. The summed E-state index contributed by atoms with van der Waals surface area (Å²) in [6, 6.07) is 2.75. The van der Waals surface area contributed by atoms with Crippen LogP contribution in [-0.2, 0) is 0 Å². The zero-order valence-corrected chi connectivity index (χ0v) is 16.2. The molecule has 0 bridgehead atoms. The van der Waals surface area contributed by atoms with Gasteiger partial charge in [0.1, 0.15) is 0 Å². The highest BCUT2D eigenvalue weighted by atomic mass is 79.9. The third-order valence-electron chi connectivity index (χ3n) is 2.83. The van der Waals surface area contributed by atoms with E-state index in [1.165, 1.54) is 12.1 Å². The minimum absolute atomic E-state index is 0.143. The molecule has 0 fully saturated rings. The highest BCUT2D eigenvalue weighted by Gasteiger charge is 2.29. The van der Waals surface area contributed by atoms with Crippen LogP contribution in [0.4, 0.5) is 17.6 Å². The predicted molar refractivity (Wildman–Crippen MR) is 85.1 cm³/mol. The highest BCUT2D eigenvalue weighted by Crippen LogP contribution is 2.34. The molecule has 0 heterocycles. The van der Waals surface area contributed by atoms with Crippen LogP contribution in [0.2, 0.25) is 0 Å². The average Bonchev–Trinajstić information content (AvgIpc) is 2.52. The molecule has 2 aromatic carbocycles. The number of carbonyl (C=O) groups excluding carboxylic acids is 2. The molecule has 2 aromatic rings. The lowest BCUT2D eigenvalue weighted by Crippen LogP contribution is -2.27. The molecule has 0 atom stereocenters. The van der Waals surface area contributed by atoms with Crippen molar-refractivity contribution >= 4 is 59.7 Å². The van der Waals surface area contributed by atoms with Crippen LogP contribution < -0.4 is 9.84 Å². The number of carboxylic acids is 1. The maximum Gasteiger partial charge on any atom is 0.344 e. The fraction of sp³-hybridized carbons (Fsp3) is 0. The van der Waals surface area contributed by atoms with Crippen molar-refractivity contribution in [2.45, 2.75) is 0 Å². The van der Waals surface area contributed by atoms with Crippen molar-refractivity contribution in [3.8, 4) is 5.75 Å². The van der Waals surface area contributed by atoms with Gasteiger partial charge in [-0.15, -0.1) is 0 Å². The molecule has 0 amide bonds. The molecule has 0 N–H and O–H groups in total. The Hall–Kier alpha value is -1.46. The second-order valence-electron chi connectivity index (χ2n) is 4.39. The number of carboxylic acid groups (broad SMARTS) is 1. The van der Waals surface area contributed by atoms with Gasteiger partial charge in [0.05, 0.1) is 17.1 Å². The first kappa shape index (κ1) is 19.9. The first-order valence-electron chi connectivity index (χ1n) is 6.00. The number of aromatic carboxylic acids is 1. The quantitative estimate of drug-likeness (QED) is 0.190. The van der Waals surface area contributed by atoms with Crippen LogP contribution in [0.1, 0.15) is 20.7 Å². The fourth-order valence-electron chi connectivity index (χ4n) is 1.73. The van der Waals surface area contributed by atoms with Crippen molar-refractivity contribution in [1.29, 1.82) is 0 Å². The van der Waals surface area contributed by atoms with E-state index in [4.69, 9.17) is 0 Å². The van der Waals surface area contributed by atoms with Gasteiger partial charge < -0.3 is 14.6 Å². The van der Waals surface area contributed by atoms with Crippen LogP contribution in [0.5, 0.6) is 5.75 Å². The van der Waals surface area contributed by atoms with Gasteiger partial charge in [-0.25, -0.2) is 18.0 Å². The summed E-state index contributed by atoms with van der Waals surface area (Å²) >= 11 is 9.22. The Kier molecular flexibility index (Phi) is 5.89. The van der Waals surface area contributed by atoms with Crippen LogP contribution in [0.3, 0.4) is 0 Å². The summed E-state index contributed by atoms with van der Waals surface area (Å²) in [4.78, 5) is 22.8. The van der Waals surface area contributed by atoms with E-state index in [1.807, 2.05) is 0 Å². The predicted octanol–water partition coefficient (Wildman–Crippen LogP) is 4.11. The summed E-state index contributed by atoms with van der Waals surface area (Å²) in [6.07, 6.45) is 0. The summed E-state index contributed by atoms with van der Waals surface area (Å²) < 4.78 is 59.8. The molecule has 0 saturated carbocycles. The molecule has 0 aromatic heterocycles. The molecule has 132 valence electrons. The van der Waals surface area contributed by atoms with E-state index >= 15 is 0 Å². The van der Waals surface area contributed by atoms with Crippen molar-refractivity contribution in [2.75, 3.05) is 0 Å². The first-order valence-corrected chi connectivity index (χ1v) is 8.38. The molecule has 0 spiro atoms. The average molecular weight is 550 g/mol. The molecule has 0 radical (unpaired) electrons. The van der Waals surface area contributed by atoms with Crippen LogP contribution in [0.25, 0.3) is 0 Å². The minimum atomic E-state index is -2.45. The van der Waals surface area contributed by atoms with Gasteiger partial charge in [0, 0.05) is 13.4 Å². The van der Waals surface area contributed by atoms with Crippen LogP contribution in [-0.4, -0.2) is 11.9 Å². The summed E-state index contributed by atoms with van der Waals surface area (Å²) in [5.74, 6) is -14.4. The second-order valence-corrected chi connectivity index (χ2v) is 6.95. The van der Waals surface area contributed by atoms with Gasteiger partial charge in [-0.3, -0.25) is 0 Å². The van der Waals surface area contributed by atoms with Gasteiger partial charge in [-0.05, 0) is 44.0 Å². The highest BCUT2D eigenvalue weighted by molar-refractivity contribution is 9.13. The van der Waals surface area contributed by atoms with Crippen molar-refractivity contribution in [3.05, 3.63) is 59.9 Å². The van der Waals surface area contributed by atoms with Crippen molar-refractivity contribution < 1.29 is 37.0 Å². The van der Waals surface area contributed by atoms with Crippen LogP contribution >= 0.6 is 47.8 Å². The van der Waals surface area contributed by atoms with Gasteiger partial charge in [0.25, 0.3) is 0 Å². The largest absolute Gasteiger partial charge is 0.545 e. The van der Waals surface area contributed by atoms with Crippen molar-refractivity contribution in [2.24, 2.45) is 0 Å². The molecule has 25 heavy (non-hydrogen) atoms. The number of esters is 1. The van der Waals surface area contributed by atoms with E-state index in [0.29, 0.717) is 8.95 Å². The van der Waals surface area contributed by atoms with Gasteiger partial charge >= 0.3 is 5.97 Å². The second kappa shape index (κ2) is 7.42. The summed E-state index contributed by atoms with van der Waals surface area (Å²) in [7, 11) is 0. The standard InChI is InChI=1S/C14H3Br3F4O4/c15-3-1-4(7(17)5(16)2-3)14(24)25-12-9(19)6(13(22)23)8(18)10(20)11(12)21/h1-2H,(H,22,23)/p-1. The molecule has 0 aliphatic carbocycles. The molecule has 0 aliphatic rings. The van der Waals surface area contributed by atoms with Crippen molar-refractivity contribution in [1.82, 2.24) is 0 Å². The van der Waals surface area contributed by atoms with E-state index < -0.39 is 46.5 Å². The lowest BCUT2D eigenvalue weighted by Gasteiger charge is -2.13. The van der Waals surface area contributed by atoms with E-state index in [-0.39, 0.29) is 10.0 Å². The number of hydrogen-bond donors (Lipinski definition) is 0. The van der Waals surface area contributed by atoms with Gasteiger partial charge in [-0.2, -0.15) is 4.39 Å². The lowest BCUT2D eigenvalue weighted by atomic mass is 10.1. The van der Waals surface area contributed by atoms with Gasteiger partial charge in [0.15, 0.2) is 17.5 Å². The maximum atomic E-state index is 14.0. The third kappa shape index (κ3) is 3.72. The first-order chi connectivity index (χ1) is 11.6. The smallest absolute Gasteiger partial charge is 0.344 e. The molecule has 11 heteroatoms. The number of halogens is 7. The molecule has 0 saturated heterocycles. The normalized spacial score (nSPS) is 10.7. The number of rotatable bonds is 3. The summed E-state index contributed by atoms with van der Waals surface area (Å²) in [5, 5.41) is 10.7. The summed E-state index contributed by atoms with van der Waals surface area (Å²) in [6.45, 7) is 0. The number of benzene rings is 2. The molecule has 4 nitrogen and oxygen atoms in total. The Balaban J connectivity index is 2.58. The molecule has 0 unspecified atom stereocenters. The Labute approximate surface area is 162 Å². The van der Waals surface area contributed by atoms with E-state index in [9.17, 15) is 32.3 Å². The lowest BCUT2D eigenvalue weighted by molar-refractivity contribution is -0.255. The Bertz CT molecular complexity index is 918. The monoisotopic (exact) mass is 547 g/mol. The summed E-state index contributed by atoms with van der Waals surface area (Å²) in [5.41, 5.74) is -2.13. The fourth-order valence-corrected chi connectivity index (χ4v) is 3.35. The van der Waals surface area contributed by atoms with Crippen LogP contribution in [0.15, 0.2) is 25.6 Å². The van der Waals surface area contributed by atoms with Gasteiger partial charge in [-0.1, -0.05) is 15.9 Å². The number of carbonyl (C=O) groups is 2.